The van der Waals surface area contributed by atoms with Crippen LogP contribution in [0.3, 0.4) is 0 Å². The van der Waals surface area contributed by atoms with Crippen LogP contribution in [-0.2, 0) is 4.79 Å². The molecule has 0 spiro atoms. The van der Waals surface area contributed by atoms with Crippen LogP contribution in [0.2, 0.25) is 0 Å². The number of phenols is 1. The quantitative estimate of drug-likeness (QED) is 0.641. The van der Waals surface area contributed by atoms with Gasteiger partial charge in [-0.1, -0.05) is 6.92 Å². The Kier molecular flexibility index (Phi) is 4.35. The molecule has 1 aromatic rings. The van der Waals surface area contributed by atoms with Gasteiger partial charge in [0.2, 0.25) is 0 Å². The van der Waals surface area contributed by atoms with Gasteiger partial charge < -0.3 is 15.2 Å². The third-order valence-corrected chi connectivity index (χ3v) is 3.57. The van der Waals surface area contributed by atoms with Gasteiger partial charge in [0, 0.05) is 11.6 Å². The number of urea groups is 1. The highest BCUT2D eigenvalue weighted by atomic mass is 16.5. The van der Waals surface area contributed by atoms with Gasteiger partial charge >= 0.3 is 6.03 Å². The van der Waals surface area contributed by atoms with Crippen molar-refractivity contribution in [1.82, 2.24) is 10.3 Å². The zero-order chi connectivity index (χ0) is 16.3. The molecule has 1 aliphatic heterocycles. The van der Waals surface area contributed by atoms with Crippen LogP contribution in [-0.4, -0.2) is 40.4 Å². The second kappa shape index (κ2) is 6.05. The Balaban J connectivity index is 2.19. The second-order valence-corrected chi connectivity index (χ2v) is 5.13. The number of hydrogen-bond acceptors (Lipinski definition) is 5. The van der Waals surface area contributed by atoms with Gasteiger partial charge in [-0.2, -0.15) is 5.10 Å². The molecule has 1 fully saturated rings. The Labute approximate surface area is 128 Å². The number of carbonyl (C=O) groups is 2. The van der Waals surface area contributed by atoms with E-state index in [1.807, 2.05) is 13.8 Å². The molecule has 0 radical (unpaired) electrons. The largest absolute Gasteiger partial charge is 0.507 e. The molecule has 1 aromatic carbocycles. The van der Waals surface area contributed by atoms with E-state index in [0.717, 1.165) is 5.01 Å². The lowest BCUT2D eigenvalue weighted by atomic mass is 10.00. The number of imide groups is 1. The van der Waals surface area contributed by atoms with Crippen molar-refractivity contribution >= 4 is 18.2 Å². The number of hydrazone groups is 1. The van der Waals surface area contributed by atoms with E-state index in [0.29, 0.717) is 24.3 Å². The molecule has 1 aliphatic rings. The molecule has 0 aromatic heterocycles. The third kappa shape index (κ3) is 2.88. The lowest BCUT2D eigenvalue weighted by Gasteiger charge is -2.17. The van der Waals surface area contributed by atoms with Crippen molar-refractivity contribution in [2.24, 2.45) is 5.10 Å². The number of benzene rings is 1. The maximum absolute atomic E-state index is 12.2. The van der Waals surface area contributed by atoms with Crippen molar-refractivity contribution in [3.8, 4) is 11.5 Å². The lowest BCUT2D eigenvalue weighted by molar-refractivity contribution is -0.130. The van der Waals surface area contributed by atoms with Crippen LogP contribution >= 0.6 is 0 Å². The lowest BCUT2D eigenvalue weighted by Crippen LogP contribution is -2.42. The summed E-state index contributed by atoms with van der Waals surface area (Å²) in [6, 6.07) is 4.15. The summed E-state index contributed by atoms with van der Waals surface area (Å²) in [5, 5.41) is 17.2. The van der Waals surface area contributed by atoms with E-state index in [1.54, 1.807) is 19.1 Å². The highest BCUT2D eigenvalue weighted by Gasteiger charge is 2.46. The number of hydrogen-bond donors (Lipinski definition) is 2. The van der Waals surface area contributed by atoms with E-state index < -0.39 is 17.5 Å². The van der Waals surface area contributed by atoms with Gasteiger partial charge in [0.05, 0.1) is 12.8 Å². The predicted octanol–water partition coefficient (Wildman–Crippen LogP) is 1.85. The average Bonchev–Trinajstić information content (AvgIpc) is 2.70. The van der Waals surface area contributed by atoms with Gasteiger partial charge in [-0.3, -0.25) is 4.79 Å². The summed E-state index contributed by atoms with van der Waals surface area (Å²) in [5.41, 5.74) is -0.552. The minimum Gasteiger partial charge on any atom is -0.507 e. The summed E-state index contributed by atoms with van der Waals surface area (Å²) < 4.78 is 5.26. The van der Waals surface area contributed by atoms with Gasteiger partial charge in [0.1, 0.15) is 17.0 Å². The minimum absolute atomic E-state index is 0.0417. The molecular formula is C15H19N3O4. The number of carbonyl (C=O) groups excluding carboxylic acids is 2. The molecule has 3 amide bonds. The fraction of sp³-hybridized carbons (Fsp3) is 0.400. The Bertz CT molecular complexity index is 629. The first-order valence-electron chi connectivity index (χ1n) is 7.07. The maximum Gasteiger partial charge on any atom is 0.346 e. The van der Waals surface area contributed by atoms with E-state index >= 15 is 0 Å². The van der Waals surface area contributed by atoms with E-state index in [2.05, 4.69) is 10.4 Å². The number of ether oxygens (including phenoxy) is 1. The first-order valence-corrected chi connectivity index (χ1v) is 7.07. The molecule has 7 heteroatoms. The van der Waals surface area contributed by atoms with Gasteiger partial charge in [0.15, 0.2) is 0 Å². The van der Waals surface area contributed by atoms with Gasteiger partial charge in [-0.05, 0) is 32.4 Å². The van der Waals surface area contributed by atoms with Crippen molar-refractivity contribution in [1.29, 1.82) is 0 Å². The number of nitrogens with one attached hydrogen (secondary N) is 1. The first kappa shape index (κ1) is 15.8. The van der Waals surface area contributed by atoms with E-state index in [-0.39, 0.29) is 5.75 Å². The summed E-state index contributed by atoms with van der Waals surface area (Å²) in [5.74, 6) is 0.0763. The van der Waals surface area contributed by atoms with E-state index in [4.69, 9.17) is 4.74 Å². The summed E-state index contributed by atoms with van der Waals surface area (Å²) in [6.07, 6.45) is 1.74. The monoisotopic (exact) mass is 305 g/mol. The molecule has 7 nitrogen and oxygen atoms in total. The number of amides is 3. The van der Waals surface area contributed by atoms with Crippen LogP contribution in [0.25, 0.3) is 0 Å². The SMILES string of the molecule is CCOc1ccc(C=NN2C(=O)NC(C)(CC)C2=O)c(O)c1. The molecule has 1 saturated heterocycles. The molecular weight excluding hydrogens is 286 g/mol. The molecule has 1 heterocycles. The fourth-order valence-electron chi connectivity index (χ4n) is 2.02. The zero-order valence-corrected chi connectivity index (χ0v) is 12.8. The van der Waals surface area contributed by atoms with Crippen LogP contribution < -0.4 is 10.1 Å². The number of phenolic OH excluding ortho intramolecular Hbond substituents is 1. The van der Waals surface area contributed by atoms with Crippen LogP contribution in [0, 0.1) is 0 Å². The fourth-order valence-corrected chi connectivity index (χ4v) is 2.02. The molecule has 1 atom stereocenters. The van der Waals surface area contributed by atoms with Crippen LogP contribution in [0.5, 0.6) is 11.5 Å². The minimum atomic E-state index is -0.935. The smallest absolute Gasteiger partial charge is 0.346 e. The average molecular weight is 305 g/mol. The molecule has 2 N–H and O–H groups in total. The summed E-state index contributed by atoms with van der Waals surface area (Å²) in [6.45, 7) is 5.79. The topological polar surface area (TPSA) is 91.2 Å². The van der Waals surface area contributed by atoms with Crippen molar-refractivity contribution in [3.05, 3.63) is 23.8 Å². The molecule has 1 unspecified atom stereocenters. The van der Waals surface area contributed by atoms with E-state index in [1.165, 1.54) is 12.3 Å². The predicted molar refractivity (Wildman–Crippen MR) is 80.9 cm³/mol. The Hall–Kier alpha value is -2.57. The highest BCUT2D eigenvalue weighted by molar-refractivity contribution is 6.07. The number of aromatic hydroxyl groups is 1. The molecule has 2 rings (SSSR count). The molecule has 118 valence electrons. The van der Waals surface area contributed by atoms with Crippen molar-refractivity contribution in [2.75, 3.05) is 6.61 Å². The summed E-state index contributed by atoms with van der Waals surface area (Å²) in [4.78, 5) is 24.0. The molecule has 0 saturated carbocycles. The standard InChI is InChI=1S/C15H19N3O4/c1-4-15(3)13(20)18(14(21)17-15)16-9-10-6-7-11(22-5-2)8-12(10)19/h6-9,19H,4-5H2,1-3H3,(H,17,21). The maximum atomic E-state index is 12.2. The Morgan fingerprint density at radius 2 is 2.14 bits per heavy atom. The van der Waals surface area contributed by atoms with Crippen molar-refractivity contribution in [3.63, 3.8) is 0 Å². The van der Waals surface area contributed by atoms with Crippen molar-refractivity contribution in [2.45, 2.75) is 32.7 Å². The highest BCUT2D eigenvalue weighted by Crippen LogP contribution is 2.24. The number of nitrogens with zero attached hydrogens (tertiary/aromatic N) is 2. The number of rotatable bonds is 5. The van der Waals surface area contributed by atoms with Crippen molar-refractivity contribution < 1.29 is 19.4 Å². The summed E-state index contributed by atoms with van der Waals surface area (Å²) in [7, 11) is 0. The molecule has 0 bridgehead atoms. The van der Waals surface area contributed by atoms with Gasteiger partial charge in [-0.15, -0.1) is 5.01 Å². The Morgan fingerprint density at radius 1 is 1.41 bits per heavy atom. The summed E-state index contributed by atoms with van der Waals surface area (Å²) >= 11 is 0. The molecule has 0 aliphatic carbocycles. The van der Waals surface area contributed by atoms with Crippen LogP contribution in [0.15, 0.2) is 23.3 Å². The van der Waals surface area contributed by atoms with E-state index in [9.17, 15) is 14.7 Å². The molecule has 22 heavy (non-hydrogen) atoms. The van der Waals surface area contributed by atoms with Crippen LogP contribution in [0.4, 0.5) is 4.79 Å². The Morgan fingerprint density at radius 3 is 2.68 bits per heavy atom. The normalized spacial score (nSPS) is 21.5. The van der Waals surface area contributed by atoms with Gasteiger partial charge in [-0.25, -0.2) is 4.79 Å². The van der Waals surface area contributed by atoms with Gasteiger partial charge in [0.25, 0.3) is 5.91 Å². The zero-order valence-electron chi connectivity index (χ0n) is 12.8. The third-order valence-electron chi connectivity index (χ3n) is 3.57. The van der Waals surface area contributed by atoms with Crippen LogP contribution in [0.1, 0.15) is 32.8 Å². The first-order chi connectivity index (χ1) is 10.4. The second-order valence-electron chi connectivity index (χ2n) is 5.13.